The van der Waals surface area contributed by atoms with Gasteiger partial charge in [0.05, 0.1) is 6.61 Å². The Hall–Kier alpha value is -1.48. The Morgan fingerprint density at radius 1 is 1.20 bits per heavy atom. The number of aliphatic hydroxyl groups excluding tert-OH is 1. The molecule has 0 radical (unpaired) electrons. The first-order valence-electron chi connectivity index (χ1n) is 6.15. The monoisotopic (exact) mass is 292 g/mol. The van der Waals surface area contributed by atoms with E-state index in [4.69, 9.17) is 15.3 Å². The van der Waals surface area contributed by atoms with Crippen LogP contribution in [0.5, 0.6) is 0 Å². The third-order valence-electron chi connectivity index (χ3n) is 2.02. The topological polar surface area (TPSA) is 134 Å². The second-order valence-electron chi connectivity index (χ2n) is 4.06. The van der Waals surface area contributed by atoms with E-state index < -0.39 is 30.6 Å². The summed E-state index contributed by atoms with van der Waals surface area (Å²) >= 11 is 0. The van der Waals surface area contributed by atoms with E-state index in [0.29, 0.717) is 6.42 Å². The molecule has 0 amide bonds. The number of rotatable bonds is 9. The first-order chi connectivity index (χ1) is 9.24. The molecule has 0 rings (SSSR count). The number of hydrogen-bond donors (Lipinski definition) is 4. The Labute approximate surface area is 116 Å². The minimum atomic E-state index is -2.81. The maximum atomic E-state index is 11.2. The summed E-state index contributed by atoms with van der Waals surface area (Å²) in [5.41, 5.74) is 0. The van der Waals surface area contributed by atoms with E-state index in [0.717, 1.165) is 12.2 Å². The van der Waals surface area contributed by atoms with Gasteiger partial charge < -0.3 is 29.9 Å². The van der Waals surface area contributed by atoms with E-state index >= 15 is 0 Å². The summed E-state index contributed by atoms with van der Waals surface area (Å²) in [4.78, 5) is 22.2. The van der Waals surface area contributed by atoms with Crippen molar-refractivity contribution in [1.82, 2.24) is 0 Å². The molecule has 0 fully saturated rings. The fraction of sp³-hybridized carbons (Fsp3) is 0.667. The lowest BCUT2D eigenvalue weighted by Gasteiger charge is -2.15. The second-order valence-corrected chi connectivity index (χ2v) is 4.06. The van der Waals surface area contributed by atoms with Crippen LogP contribution >= 0.6 is 0 Å². The lowest BCUT2D eigenvalue weighted by atomic mass is 10.2. The van der Waals surface area contributed by atoms with Crippen molar-refractivity contribution in [2.75, 3.05) is 6.61 Å². The highest BCUT2D eigenvalue weighted by molar-refractivity contribution is 5.91. The zero-order chi connectivity index (χ0) is 15.6. The van der Waals surface area contributed by atoms with Crippen molar-refractivity contribution in [3.63, 3.8) is 0 Å². The van der Waals surface area contributed by atoms with Crippen molar-refractivity contribution < 1.29 is 39.5 Å². The molecule has 1 unspecified atom stereocenters. The molecule has 8 nitrogen and oxygen atoms in total. The lowest BCUT2D eigenvalue weighted by molar-refractivity contribution is -0.315. The molecule has 0 saturated heterocycles. The summed E-state index contributed by atoms with van der Waals surface area (Å²) in [7, 11) is 0. The average molecular weight is 292 g/mol. The predicted molar refractivity (Wildman–Crippen MR) is 65.7 cm³/mol. The maximum Gasteiger partial charge on any atom is 0.333 e. The molecule has 0 aromatic heterocycles. The van der Waals surface area contributed by atoms with E-state index in [2.05, 4.69) is 9.47 Å². The van der Waals surface area contributed by atoms with Gasteiger partial charge in [-0.05, 0) is 12.8 Å². The van der Waals surface area contributed by atoms with Crippen molar-refractivity contribution in [3.05, 3.63) is 12.2 Å². The minimum absolute atomic E-state index is 0.0141. The van der Waals surface area contributed by atoms with E-state index in [1.54, 1.807) is 0 Å². The van der Waals surface area contributed by atoms with E-state index in [9.17, 15) is 14.7 Å². The minimum Gasteiger partial charge on any atom is -0.463 e. The zero-order valence-electron chi connectivity index (χ0n) is 11.2. The van der Waals surface area contributed by atoms with Crippen LogP contribution < -0.4 is 0 Å². The largest absolute Gasteiger partial charge is 0.463 e. The summed E-state index contributed by atoms with van der Waals surface area (Å²) in [6, 6.07) is 0. The van der Waals surface area contributed by atoms with Gasteiger partial charge in [0.25, 0.3) is 5.97 Å². The Morgan fingerprint density at radius 3 is 2.35 bits per heavy atom. The quantitative estimate of drug-likeness (QED) is 0.245. The molecule has 0 aliphatic rings. The van der Waals surface area contributed by atoms with Gasteiger partial charge in [0.2, 0.25) is 6.29 Å². The fourth-order valence-corrected chi connectivity index (χ4v) is 1.13. The Bertz CT molecular complexity index is 331. The fourth-order valence-electron chi connectivity index (χ4n) is 1.13. The molecular weight excluding hydrogens is 272 g/mol. The standard InChI is InChI=1S/C12H20O8/c1-2-8-19-9(13)5-6-11(15)20-10(14)4-3-7-12(16,17)18/h5-6,10,14,16-18H,2-4,7-8H2,1H3/b6-5+. The molecule has 0 aliphatic heterocycles. The van der Waals surface area contributed by atoms with Crippen LogP contribution in [0.1, 0.15) is 32.6 Å². The molecule has 0 heterocycles. The summed E-state index contributed by atoms with van der Waals surface area (Å²) < 4.78 is 9.17. The maximum absolute atomic E-state index is 11.2. The van der Waals surface area contributed by atoms with Crippen molar-refractivity contribution in [2.24, 2.45) is 0 Å². The molecule has 0 aromatic rings. The van der Waals surface area contributed by atoms with Gasteiger partial charge in [-0.3, -0.25) is 0 Å². The van der Waals surface area contributed by atoms with Gasteiger partial charge in [-0.1, -0.05) is 6.92 Å². The van der Waals surface area contributed by atoms with Gasteiger partial charge in [-0.15, -0.1) is 0 Å². The van der Waals surface area contributed by atoms with Gasteiger partial charge in [-0.2, -0.15) is 0 Å². The molecule has 116 valence electrons. The molecule has 0 saturated carbocycles. The summed E-state index contributed by atoms with van der Waals surface area (Å²) in [6.07, 6.45) is 0.400. The molecule has 4 N–H and O–H groups in total. The van der Waals surface area contributed by atoms with Crippen molar-refractivity contribution in [3.8, 4) is 0 Å². The van der Waals surface area contributed by atoms with Crippen molar-refractivity contribution in [1.29, 1.82) is 0 Å². The SMILES string of the molecule is CCCOC(=O)/C=C/C(=O)OC(O)CCCC(O)(O)O. The molecule has 0 aliphatic carbocycles. The van der Waals surface area contributed by atoms with E-state index in [1.807, 2.05) is 6.92 Å². The van der Waals surface area contributed by atoms with Crippen LogP contribution in [0.4, 0.5) is 0 Å². The summed E-state index contributed by atoms with van der Waals surface area (Å²) in [6.45, 7) is 2.06. The van der Waals surface area contributed by atoms with Gasteiger partial charge >= 0.3 is 11.9 Å². The Kier molecular flexibility index (Phi) is 8.73. The van der Waals surface area contributed by atoms with Crippen LogP contribution in [0, 0.1) is 0 Å². The number of hydrogen-bond acceptors (Lipinski definition) is 8. The molecule has 1 atom stereocenters. The van der Waals surface area contributed by atoms with Crippen LogP contribution in [0.15, 0.2) is 12.2 Å². The van der Waals surface area contributed by atoms with Crippen LogP contribution in [0.25, 0.3) is 0 Å². The van der Waals surface area contributed by atoms with Crippen LogP contribution in [0.3, 0.4) is 0 Å². The Balaban J connectivity index is 3.90. The number of carbonyl (C=O) groups excluding carboxylic acids is 2. The van der Waals surface area contributed by atoms with E-state index in [1.165, 1.54) is 0 Å². The predicted octanol–water partition coefficient (Wildman–Crippen LogP) is -0.842. The Morgan fingerprint density at radius 2 is 1.80 bits per heavy atom. The third-order valence-corrected chi connectivity index (χ3v) is 2.02. The molecule has 0 bridgehead atoms. The first-order valence-corrected chi connectivity index (χ1v) is 6.15. The number of ether oxygens (including phenoxy) is 2. The van der Waals surface area contributed by atoms with Gasteiger partial charge in [0.1, 0.15) is 0 Å². The first kappa shape index (κ1) is 18.5. The zero-order valence-corrected chi connectivity index (χ0v) is 11.2. The highest BCUT2D eigenvalue weighted by atomic mass is 16.7. The molecule has 0 spiro atoms. The van der Waals surface area contributed by atoms with Gasteiger partial charge in [0, 0.05) is 25.0 Å². The average Bonchev–Trinajstić information content (AvgIpc) is 2.32. The summed E-state index contributed by atoms with van der Waals surface area (Å²) in [5.74, 6) is -4.44. The van der Waals surface area contributed by atoms with Crippen molar-refractivity contribution >= 4 is 11.9 Å². The molecule has 0 aromatic carbocycles. The third kappa shape index (κ3) is 11.6. The van der Waals surface area contributed by atoms with E-state index in [-0.39, 0.29) is 19.4 Å². The highest BCUT2D eigenvalue weighted by Gasteiger charge is 2.18. The van der Waals surface area contributed by atoms with Gasteiger partial charge in [0.15, 0.2) is 0 Å². The smallest absolute Gasteiger partial charge is 0.333 e. The van der Waals surface area contributed by atoms with Crippen LogP contribution in [-0.4, -0.2) is 51.2 Å². The van der Waals surface area contributed by atoms with Crippen LogP contribution in [-0.2, 0) is 19.1 Å². The normalized spacial score (nSPS) is 13.2. The van der Waals surface area contributed by atoms with Gasteiger partial charge in [-0.25, -0.2) is 9.59 Å². The molecular formula is C12H20O8. The number of aliphatic hydroxyl groups is 4. The number of esters is 2. The van der Waals surface area contributed by atoms with Crippen LogP contribution in [0.2, 0.25) is 0 Å². The molecule has 20 heavy (non-hydrogen) atoms. The molecule has 8 heteroatoms. The number of carbonyl (C=O) groups is 2. The summed E-state index contributed by atoms with van der Waals surface area (Å²) in [5, 5.41) is 35.0. The second kappa shape index (κ2) is 9.43. The highest BCUT2D eigenvalue weighted by Crippen LogP contribution is 2.09. The van der Waals surface area contributed by atoms with Crippen molar-refractivity contribution in [2.45, 2.75) is 44.9 Å². The lowest BCUT2D eigenvalue weighted by Crippen LogP contribution is -2.27.